The van der Waals surface area contributed by atoms with Gasteiger partial charge in [-0.25, -0.2) is 0 Å². The zero-order valence-corrected chi connectivity index (χ0v) is 16.9. The Kier molecular flexibility index (Phi) is 3.33. The molecule has 1 nitrogen and oxygen atoms in total. The van der Waals surface area contributed by atoms with Gasteiger partial charge in [-0.15, -0.1) is 0 Å². The molecule has 7 rings (SSSR count). The predicted molar refractivity (Wildman–Crippen MR) is 134 cm³/mol. The van der Waals surface area contributed by atoms with Gasteiger partial charge >= 0.3 is 0 Å². The van der Waals surface area contributed by atoms with Crippen molar-refractivity contribution >= 4 is 54.1 Å². The van der Waals surface area contributed by atoms with Crippen molar-refractivity contribution in [1.29, 1.82) is 0 Å². The van der Waals surface area contributed by atoms with E-state index >= 15 is 0 Å². The third-order valence-electron chi connectivity index (χ3n) is 6.60. The smallest absolute Gasteiger partial charge is 0.0551 e. The van der Waals surface area contributed by atoms with Gasteiger partial charge in [0.15, 0.2) is 0 Å². The van der Waals surface area contributed by atoms with Crippen molar-refractivity contribution in [3.8, 4) is 11.1 Å². The summed E-state index contributed by atoms with van der Waals surface area (Å²) in [6, 6.07) is 39.4. The maximum absolute atomic E-state index is 3.84. The van der Waals surface area contributed by atoms with Crippen LogP contribution in [-0.4, -0.2) is 4.98 Å². The van der Waals surface area contributed by atoms with Gasteiger partial charge in [-0.05, 0) is 32.5 Å². The van der Waals surface area contributed by atoms with E-state index < -0.39 is 0 Å². The molecule has 0 fully saturated rings. The van der Waals surface area contributed by atoms with E-state index in [2.05, 4.69) is 114 Å². The minimum Gasteiger partial charge on any atom is -0.353 e. The molecule has 0 bridgehead atoms. The van der Waals surface area contributed by atoms with Gasteiger partial charge in [0.2, 0.25) is 0 Å². The van der Waals surface area contributed by atoms with E-state index in [0.29, 0.717) is 0 Å². The van der Waals surface area contributed by atoms with Crippen molar-refractivity contribution in [3.05, 3.63) is 109 Å². The summed E-state index contributed by atoms with van der Waals surface area (Å²) in [6.45, 7) is 0. The van der Waals surface area contributed by atoms with Crippen molar-refractivity contribution in [1.82, 2.24) is 4.98 Å². The predicted octanol–water partition coefficient (Wildman–Crippen LogP) is 8.45. The summed E-state index contributed by atoms with van der Waals surface area (Å²) in [7, 11) is 0. The normalized spacial score (nSPS) is 11.9. The van der Waals surface area contributed by atoms with Crippen LogP contribution in [0.1, 0.15) is 0 Å². The first-order chi connectivity index (χ1) is 15.4. The summed E-state index contributed by atoms with van der Waals surface area (Å²) < 4.78 is 0. The molecule has 0 saturated carbocycles. The molecule has 1 aromatic heterocycles. The maximum Gasteiger partial charge on any atom is 0.0551 e. The molecule has 0 atom stereocenters. The van der Waals surface area contributed by atoms with Gasteiger partial charge in [0.05, 0.1) is 11.0 Å². The standard InChI is InChI=1S/C30H19N/c1-2-11-20-19(9-1)10-7-16-21(20)25-17-8-18-27-28-24-14-5-3-12-22(24)23-13-4-6-15-26(23)30(28)31-29(25)27/h1-18,31H. The lowest BCUT2D eigenvalue weighted by Gasteiger charge is -2.08. The Bertz CT molecular complexity index is 1780. The molecular weight excluding hydrogens is 374 g/mol. The third kappa shape index (κ3) is 2.26. The lowest BCUT2D eigenvalue weighted by Crippen LogP contribution is -1.83. The van der Waals surface area contributed by atoms with Crippen molar-refractivity contribution in [3.63, 3.8) is 0 Å². The van der Waals surface area contributed by atoms with Gasteiger partial charge in [-0.1, -0.05) is 109 Å². The van der Waals surface area contributed by atoms with Crippen LogP contribution in [0.5, 0.6) is 0 Å². The molecular formula is C30H19N. The van der Waals surface area contributed by atoms with Crippen molar-refractivity contribution in [2.24, 2.45) is 0 Å². The highest BCUT2D eigenvalue weighted by atomic mass is 14.7. The summed E-state index contributed by atoms with van der Waals surface area (Å²) in [6.07, 6.45) is 0. The van der Waals surface area contributed by atoms with Crippen LogP contribution in [0.15, 0.2) is 109 Å². The number of hydrogen-bond acceptors (Lipinski definition) is 0. The zero-order valence-electron chi connectivity index (χ0n) is 16.9. The first-order valence-corrected chi connectivity index (χ1v) is 10.7. The number of nitrogens with one attached hydrogen (secondary N) is 1. The van der Waals surface area contributed by atoms with Crippen LogP contribution in [0.4, 0.5) is 0 Å². The summed E-state index contributed by atoms with van der Waals surface area (Å²) >= 11 is 0. The van der Waals surface area contributed by atoms with E-state index in [1.165, 1.54) is 65.3 Å². The van der Waals surface area contributed by atoms with Crippen LogP contribution in [-0.2, 0) is 0 Å². The number of para-hydroxylation sites is 1. The third-order valence-corrected chi connectivity index (χ3v) is 6.60. The highest BCUT2D eigenvalue weighted by molar-refractivity contribution is 6.32. The van der Waals surface area contributed by atoms with Crippen molar-refractivity contribution in [2.45, 2.75) is 0 Å². The molecule has 0 radical (unpaired) electrons. The van der Waals surface area contributed by atoms with E-state index in [-0.39, 0.29) is 0 Å². The van der Waals surface area contributed by atoms with Crippen molar-refractivity contribution < 1.29 is 0 Å². The summed E-state index contributed by atoms with van der Waals surface area (Å²) in [4.78, 5) is 3.84. The van der Waals surface area contributed by atoms with Gasteiger partial charge in [0.1, 0.15) is 0 Å². The quantitative estimate of drug-likeness (QED) is 0.269. The van der Waals surface area contributed by atoms with Gasteiger partial charge in [0.25, 0.3) is 0 Å². The Hall–Kier alpha value is -4.10. The average Bonchev–Trinajstić information content (AvgIpc) is 3.24. The zero-order chi connectivity index (χ0) is 20.4. The molecule has 1 N–H and O–H groups in total. The molecule has 0 unspecified atom stereocenters. The Labute approximate surface area is 179 Å². The van der Waals surface area contributed by atoms with Crippen LogP contribution in [0.3, 0.4) is 0 Å². The second-order valence-electron chi connectivity index (χ2n) is 8.22. The summed E-state index contributed by atoms with van der Waals surface area (Å²) in [5, 5.41) is 10.3. The van der Waals surface area contributed by atoms with Crippen LogP contribution in [0.2, 0.25) is 0 Å². The Morgan fingerprint density at radius 2 is 0.903 bits per heavy atom. The van der Waals surface area contributed by atoms with E-state index in [4.69, 9.17) is 0 Å². The second-order valence-corrected chi connectivity index (χ2v) is 8.22. The topological polar surface area (TPSA) is 15.8 Å². The number of aromatic amines is 1. The lowest BCUT2D eigenvalue weighted by atomic mass is 9.94. The number of H-pyrrole nitrogens is 1. The molecule has 0 aliphatic heterocycles. The van der Waals surface area contributed by atoms with Crippen molar-refractivity contribution in [2.75, 3.05) is 0 Å². The first kappa shape index (κ1) is 16.7. The molecule has 0 aliphatic carbocycles. The Morgan fingerprint density at radius 3 is 1.74 bits per heavy atom. The number of hydrogen-bond donors (Lipinski definition) is 1. The minimum absolute atomic E-state index is 1.20. The fourth-order valence-electron chi connectivity index (χ4n) is 5.26. The molecule has 6 aromatic carbocycles. The molecule has 0 amide bonds. The molecule has 1 heterocycles. The van der Waals surface area contributed by atoms with E-state index in [1.807, 2.05) is 0 Å². The number of benzene rings is 6. The van der Waals surface area contributed by atoms with Crippen LogP contribution in [0, 0.1) is 0 Å². The molecule has 144 valence electrons. The molecule has 0 aliphatic rings. The highest BCUT2D eigenvalue weighted by Crippen LogP contribution is 2.42. The molecule has 0 saturated heterocycles. The monoisotopic (exact) mass is 393 g/mol. The maximum atomic E-state index is 3.84. The fourth-order valence-corrected chi connectivity index (χ4v) is 5.26. The summed E-state index contributed by atoms with van der Waals surface area (Å²) in [5.74, 6) is 0. The molecule has 31 heavy (non-hydrogen) atoms. The molecule has 0 spiro atoms. The first-order valence-electron chi connectivity index (χ1n) is 10.7. The SMILES string of the molecule is c1ccc2c(-c3cccc4c3[nH]c3c5ccccc5c5ccccc5c43)cccc2c1. The summed E-state index contributed by atoms with van der Waals surface area (Å²) in [5.41, 5.74) is 4.94. The van der Waals surface area contributed by atoms with Gasteiger partial charge < -0.3 is 4.98 Å². The fraction of sp³-hybridized carbons (Fsp3) is 0. The largest absolute Gasteiger partial charge is 0.353 e. The van der Waals surface area contributed by atoms with Crippen LogP contribution < -0.4 is 0 Å². The average molecular weight is 393 g/mol. The van der Waals surface area contributed by atoms with Gasteiger partial charge in [0, 0.05) is 21.7 Å². The number of rotatable bonds is 1. The molecule has 1 heteroatoms. The molecule has 7 aromatic rings. The van der Waals surface area contributed by atoms with E-state index in [0.717, 1.165) is 0 Å². The van der Waals surface area contributed by atoms with E-state index in [9.17, 15) is 0 Å². The second kappa shape index (κ2) is 6.20. The van der Waals surface area contributed by atoms with E-state index in [1.54, 1.807) is 0 Å². The lowest BCUT2D eigenvalue weighted by molar-refractivity contribution is 1.56. The van der Waals surface area contributed by atoms with Gasteiger partial charge in [-0.2, -0.15) is 0 Å². The Balaban J connectivity index is 1.71. The highest BCUT2D eigenvalue weighted by Gasteiger charge is 2.16. The van der Waals surface area contributed by atoms with Gasteiger partial charge in [-0.3, -0.25) is 0 Å². The van der Waals surface area contributed by atoms with Crippen LogP contribution >= 0.6 is 0 Å². The van der Waals surface area contributed by atoms with Crippen LogP contribution in [0.25, 0.3) is 65.3 Å². The Morgan fingerprint density at radius 1 is 0.355 bits per heavy atom. The number of fused-ring (bicyclic) bond motifs is 9. The minimum atomic E-state index is 1.20. The number of aromatic nitrogens is 1.